The Hall–Kier alpha value is -2.76. The third kappa shape index (κ3) is 5.37. The fourth-order valence-electron chi connectivity index (χ4n) is 2.26. The molecule has 1 heterocycles. The van der Waals surface area contributed by atoms with Crippen LogP contribution in [0.4, 0.5) is 11.5 Å². The van der Waals surface area contributed by atoms with Gasteiger partial charge in [-0.2, -0.15) is 0 Å². The van der Waals surface area contributed by atoms with Crippen molar-refractivity contribution in [3.63, 3.8) is 0 Å². The number of nitrogens with zero attached hydrogens (tertiary/aromatic N) is 2. The molecule has 2 aromatic rings. The minimum absolute atomic E-state index is 0.226. The largest absolute Gasteiger partial charge is 0.493 e. The lowest BCUT2D eigenvalue weighted by atomic mass is 10.1. The van der Waals surface area contributed by atoms with Crippen LogP contribution in [-0.4, -0.2) is 38.7 Å². The highest BCUT2D eigenvalue weighted by molar-refractivity contribution is 6.04. The third-order valence-corrected chi connectivity index (χ3v) is 3.84. The molecule has 0 saturated carbocycles. The summed E-state index contributed by atoms with van der Waals surface area (Å²) >= 11 is 0. The molecule has 1 N–H and O–H groups in total. The molecule has 0 unspecified atom stereocenters. The van der Waals surface area contributed by atoms with Crippen molar-refractivity contribution >= 4 is 17.4 Å². The molecule has 6 heteroatoms. The summed E-state index contributed by atoms with van der Waals surface area (Å²) < 4.78 is 11.1. The van der Waals surface area contributed by atoms with Gasteiger partial charge in [0.25, 0.3) is 5.91 Å². The van der Waals surface area contributed by atoms with Gasteiger partial charge in [0.1, 0.15) is 5.82 Å². The minimum Gasteiger partial charge on any atom is -0.493 e. The predicted molar refractivity (Wildman–Crippen MR) is 104 cm³/mol. The van der Waals surface area contributed by atoms with Crippen molar-refractivity contribution in [2.24, 2.45) is 5.92 Å². The number of hydrogen-bond donors (Lipinski definition) is 1. The zero-order chi connectivity index (χ0) is 19.1. The zero-order valence-corrected chi connectivity index (χ0v) is 16.1. The summed E-state index contributed by atoms with van der Waals surface area (Å²) in [7, 11) is 5.39. The van der Waals surface area contributed by atoms with E-state index in [1.807, 2.05) is 31.1 Å². The maximum Gasteiger partial charge on any atom is 0.255 e. The molecule has 1 aromatic heterocycles. The van der Waals surface area contributed by atoms with Gasteiger partial charge in [0.15, 0.2) is 11.5 Å². The fraction of sp³-hybridized carbons (Fsp3) is 0.400. The monoisotopic (exact) mass is 357 g/mol. The van der Waals surface area contributed by atoms with E-state index in [1.165, 1.54) is 0 Å². The second-order valence-corrected chi connectivity index (χ2v) is 6.65. The van der Waals surface area contributed by atoms with E-state index in [1.54, 1.807) is 31.5 Å². The van der Waals surface area contributed by atoms with Crippen LogP contribution >= 0.6 is 0 Å². The van der Waals surface area contributed by atoms with E-state index in [-0.39, 0.29) is 5.91 Å². The van der Waals surface area contributed by atoms with Crippen LogP contribution in [0.15, 0.2) is 36.5 Å². The lowest BCUT2D eigenvalue weighted by molar-refractivity contribution is 0.102. The van der Waals surface area contributed by atoms with Crippen LogP contribution < -0.4 is 19.7 Å². The van der Waals surface area contributed by atoms with E-state index in [0.717, 1.165) is 12.2 Å². The van der Waals surface area contributed by atoms with Crippen LogP contribution in [-0.2, 0) is 0 Å². The Morgan fingerprint density at radius 3 is 2.54 bits per heavy atom. The highest BCUT2D eigenvalue weighted by Crippen LogP contribution is 2.28. The van der Waals surface area contributed by atoms with E-state index in [0.29, 0.717) is 35.3 Å². The Balaban J connectivity index is 2.06. The van der Waals surface area contributed by atoms with Crippen LogP contribution in [0.3, 0.4) is 0 Å². The number of carbonyl (C=O) groups is 1. The number of anilines is 2. The van der Waals surface area contributed by atoms with Crippen LogP contribution in [0.1, 0.15) is 30.6 Å². The zero-order valence-electron chi connectivity index (χ0n) is 16.1. The molecule has 0 aliphatic carbocycles. The molecule has 0 spiro atoms. The van der Waals surface area contributed by atoms with Gasteiger partial charge in [0, 0.05) is 19.7 Å². The number of benzene rings is 1. The Morgan fingerprint density at radius 1 is 1.19 bits per heavy atom. The molecule has 1 amide bonds. The molecule has 26 heavy (non-hydrogen) atoms. The third-order valence-electron chi connectivity index (χ3n) is 3.84. The van der Waals surface area contributed by atoms with Crippen molar-refractivity contribution in [3.05, 3.63) is 42.1 Å². The quantitative estimate of drug-likeness (QED) is 0.778. The molecule has 0 aliphatic rings. The number of aromatic nitrogens is 1. The molecule has 1 aromatic carbocycles. The van der Waals surface area contributed by atoms with E-state index in [4.69, 9.17) is 9.47 Å². The predicted octanol–water partition coefficient (Wildman–Crippen LogP) is 3.83. The fourth-order valence-corrected chi connectivity index (χ4v) is 2.26. The van der Waals surface area contributed by atoms with Gasteiger partial charge in [0.05, 0.1) is 25.6 Å². The average molecular weight is 357 g/mol. The summed E-state index contributed by atoms with van der Waals surface area (Å²) in [4.78, 5) is 18.7. The summed E-state index contributed by atoms with van der Waals surface area (Å²) in [5.41, 5.74) is 1.13. The number of carbonyl (C=O) groups excluding carboxylic acids is 1. The van der Waals surface area contributed by atoms with E-state index >= 15 is 0 Å². The number of pyridine rings is 1. The Morgan fingerprint density at radius 2 is 1.96 bits per heavy atom. The first-order valence-electron chi connectivity index (χ1n) is 8.66. The van der Waals surface area contributed by atoms with E-state index < -0.39 is 0 Å². The summed E-state index contributed by atoms with van der Waals surface area (Å²) in [6.07, 6.45) is 2.59. The van der Waals surface area contributed by atoms with Crippen LogP contribution in [0, 0.1) is 5.92 Å². The Bertz CT molecular complexity index is 728. The standard InChI is InChI=1S/C20H27N3O3/c1-14(2)10-11-26-17-8-6-15(12-18(17)25-5)20(24)22-16-7-9-19(21-13-16)23(3)4/h6-9,12-14H,10-11H2,1-5H3,(H,22,24). The number of hydrogen-bond acceptors (Lipinski definition) is 5. The van der Waals surface area contributed by atoms with Crippen molar-refractivity contribution < 1.29 is 14.3 Å². The smallest absolute Gasteiger partial charge is 0.255 e. The van der Waals surface area contributed by atoms with Crippen LogP contribution in [0.25, 0.3) is 0 Å². The molecule has 6 nitrogen and oxygen atoms in total. The number of nitrogens with one attached hydrogen (secondary N) is 1. The molecule has 0 radical (unpaired) electrons. The number of amides is 1. The van der Waals surface area contributed by atoms with Crippen molar-refractivity contribution in [1.82, 2.24) is 4.98 Å². The highest BCUT2D eigenvalue weighted by Gasteiger charge is 2.12. The molecular weight excluding hydrogens is 330 g/mol. The first-order valence-corrected chi connectivity index (χ1v) is 8.66. The maximum absolute atomic E-state index is 12.5. The SMILES string of the molecule is COc1cc(C(=O)Nc2ccc(N(C)C)nc2)ccc1OCCC(C)C. The average Bonchev–Trinajstić information content (AvgIpc) is 2.62. The molecule has 2 rings (SSSR count). The summed E-state index contributed by atoms with van der Waals surface area (Å²) in [6, 6.07) is 8.84. The van der Waals surface area contributed by atoms with Crippen molar-refractivity contribution in [3.8, 4) is 11.5 Å². The topological polar surface area (TPSA) is 63.7 Å². The van der Waals surface area contributed by atoms with Crippen molar-refractivity contribution in [2.45, 2.75) is 20.3 Å². The van der Waals surface area contributed by atoms with Gasteiger partial charge >= 0.3 is 0 Å². The van der Waals surface area contributed by atoms with Crippen LogP contribution in [0.2, 0.25) is 0 Å². The van der Waals surface area contributed by atoms with Gasteiger partial charge in [-0.3, -0.25) is 4.79 Å². The summed E-state index contributed by atoms with van der Waals surface area (Å²) in [5.74, 6) is 2.35. The van der Waals surface area contributed by atoms with Crippen molar-refractivity contribution in [1.29, 1.82) is 0 Å². The van der Waals surface area contributed by atoms with Gasteiger partial charge in [-0.1, -0.05) is 13.8 Å². The highest BCUT2D eigenvalue weighted by atomic mass is 16.5. The molecule has 0 saturated heterocycles. The second kappa shape index (κ2) is 9.08. The Kier molecular flexibility index (Phi) is 6.83. The van der Waals surface area contributed by atoms with Gasteiger partial charge in [-0.15, -0.1) is 0 Å². The lowest BCUT2D eigenvalue weighted by Gasteiger charge is -2.14. The summed E-state index contributed by atoms with van der Waals surface area (Å²) in [5, 5.41) is 2.84. The molecule has 0 atom stereocenters. The molecule has 140 valence electrons. The number of rotatable bonds is 8. The van der Waals surface area contributed by atoms with Gasteiger partial charge in [-0.05, 0) is 42.7 Å². The van der Waals surface area contributed by atoms with Gasteiger partial charge in [0.2, 0.25) is 0 Å². The lowest BCUT2D eigenvalue weighted by Crippen LogP contribution is -2.14. The first-order chi connectivity index (χ1) is 12.4. The molecule has 0 bridgehead atoms. The number of ether oxygens (including phenoxy) is 2. The molecular formula is C20H27N3O3. The minimum atomic E-state index is -0.226. The van der Waals surface area contributed by atoms with Crippen LogP contribution in [0.5, 0.6) is 11.5 Å². The maximum atomic E-state index is 12.5. The second-order valence-electron chi connectivity index (χ2n) is 6.65. The summed E-state index contributed by atoms with van der Waals surface area (Å²) in [6.45, 7) is 4.91. The number of methoxy groups -OCH3 is 1. The molecule has 0 aliphatic heterocycles. The van der Waals surface area contributed by atoms with Gasteiger partial charge < -0.3 is 19.7 Å². The first kappa shape index (κ1) is 19.6. The van der Waals surface area contributed by atoms with Gasteiger partial charge in [-0.25, -0.2) is 4.98 Å². The van der Waals surface area contributed by atoms with Crippen molar-refractivity contribution in [2.75, 3.05) is 38.0 Å². The van der Waals surface area contributed by atoms with E-state index in [2.05, 4.69) is 24.1 Å². The Labute approximate surface area is 155 Å². The van der Waals surface area contributed by atoms with E-state index in [9.17, 15) is 4.79 Å². The molecule has 0 fully saturated rings. The normalized spacial score (nSPS) is 10.5.